The highest BCUT2D eigenvalue weighted by molar-refractivity contribution is 5.07. The van der Waals surface area contributed by atoms with Crippen molar-refractivity contribution in [2.75, 3.05) is 0 Å². The second-order valence-electron chi connectivity index (χ2n) is 28.4. The fraction of sp³-hybridized carbons (Fsp3) is 0.969. The summed E-state index contributed by atoms with van der Waals surface area (Å²) in [6, 6.07) is 0. The third-order valence-electron chi connectivity index (χ3n) is 21.5. The van der Waals surface area contributed by atoms with Gasteiger partial charge in [0, 0.05) is 0 Å². The summed E-state index contributed by atoms with van der Waals surface area (Å²) in [5.74, 6) is 14.5. The van der Waals surface area contributed by atoms with E-state index in [-0.39, 0.29) is 0 Å². The summed E-state index contributed by atoms with van der Waals surface area (Å²) in [5.41, 5.74) is 2.81. The molecule has 5 fully saturated rings. The maximum absolute atomic E-state index is 2.95. The number of hydrogen-bond donors (Lipinski definition) is 0. The Balaban J connectivity index is 1.28. The molecule has 0 spiro atoms. The lowest BCUT2D eigenvalue weighted by molar-refractivity contribution is -0.0216. The monoisotopic (exact) mass is 901 g/mol. The summed E-state index contributed by atoms with van der Waals surface area (Å²) >= 11 is 0. The molecule has 5 aliphatic rings. The number of hydrogen-bond acceptors (Lipinski definition) is 0. The summed E-state index contributed by atoms with van der Waals surface area (Å²) in [6.45, 7) is 33.9. The molecule has 0 aromatic rings. The average molecular weight is 902 g/mol. The Hall–Kier alpha value is -0.260. The van der Waals surface area contributed by atoms with E-state index in [9.17, 15) is 0 Å². The van der Waals surface area contributed by atoms with Gasteiger partial charge in [-0.2, -0.15) is 0 Å². The van der Waals surface area contributed by atoms with Crippen LogP contribution in [0, 0.1) is 106 Å². The minimum absolute atomic E-state index is 0.441. The Labute approximate surface area is 410 Å². The number of fused-ring (bicyclic) bond motifs is 2. The van der Waals surface area contributed by atoms with Crippen LogP contribution in [0.5, 0.6) is 0 Å². The van der Waals surface area contributed by atoms with E-state index in [4.69, 9.17) is 0 Å². The third kappa shape index (κ3) is 18.1. The predicted molar refractivity (Wildman–Crippen MR) is 290 cm³/mol. The van der Waals surface area contributed by atoms with Gasteiger partial charge in [-0.1, -0.05) is 217 Å². The quantitative estimate of drug-likeness (QED) is 0.0514. The van der Waals surface area contributed by atoms with E-state index in [2.05, 4.69) is 96.1 Å². The maximum Gasteiger partial charge on any atom is -0.0205 e. The molecule has 14 atom stereocenters. The van der Waals surface area contributed by atoms with Gasteiger partial charge in [0.05, 0.1) is 0 Å². The zero-order valence-corrected chi connectivity index (χ0v) is 46.9. The molecule has 14 unspecified atom stereocenters. The number of allylic oxidation sites excluding steroid dienone is 2. The molecule has 0 saturated heterocycles. The minimum atomic E-state index is 0.441. The molecule has 0 heteroatoms. The molecule has 380 valence electrons. The van der Waals surface area contributed by atoms with Crippen molar-refractivity contribution >= 4 is 0 Å². The van der Waals surface area contributed by atoms with Gasteiger partial charge in [0.25, 0.3) is 0 Å². The van der Waals surface area contributed by atoms with Gasteiger partial charge in [0.15, 0.2) is 0 Å². The summed E-state index contributed by atoms with van der Waals surface area (Å²) in [7, 11) is 0. The van der Waals surface area contributed by atoms with Gasteiger partial charge in [-0.3, -0.25) is 0 Å². The Morgan fingerprint density at radius 3 is 1.89 bits per heavy atom. The Bertz CT molecular complexity index is 1300. The highest BCUT2D eigenvalue weighted by atomic mass is 14.5. The van der Waals surface area contributed by atoms with Gasteiger partial charge in [-0.25, -0.2) is 0 Å². The first-order chi connectivity index (χ1) is 30.9. The fourth-order valence-electron chi connectivity index (χ4n) is 16.7. The molecule has 5 rings (SSSR count). The van der Waals surface area contributed by atoms with Crippen molar-refractivity contribution in [3.8, 4) is 0 Å². The average Bonchev–Trinajstić information content (AvgIpc) is 3.54. The zero-order chi connectivity index (χ0) is 47.1. The fourth-order valence-corrected chi connectivity index (χ4v) is 16.7. The molecule has 0 amide bonds. The first-order valence-electron chi connectivity index (χ1n) is 30.6. The highest BCUT2D eigenvalue weighted by Crippen LogP contribution is 2.56. The van der Waals surface area contributed by atoms with Crippen molar-refractivity contribution in [3.63, 3.8) is 0 Å². The first-order valence-corrected chi connectivity index (χ1v) is 30.6. The second kappa shape index (κ2) is 27.4. The molecule has 0 nitrogen and oxygen atoms in total. The first kappa shape index (κ1) is 55.7. The van der Waals surface area contributed by atoms with Crippen LogP contribution in [0.3, 0.4) is 0 Å². The molecule has 5 saturated carbocycles. The van der Waals surface area contributed by atoms with Crippen LogP contribution >= 0.6 is 0 Å². The topological polar surface area (TPSA) is 0 Å². The van der Waals surface area contributed by atoms with Crippen LogP contribution in [-0.4, -0.2) is 0 Å². The predicted octanol–water partition coefficient (Wildman–Crippen LogP) is 21.6. The molecule has 65 heavy (non-hydrogen) atoms. The van der Waals surface area contributed by atoms with Crippen LogP contribution in [0.15, 0.2) is 11.6 Å². The van der Waals surface area contributed by atoms with E-state index in [1.54, 1.807) is 44.9 Å². The summed E-state index contributed by atoms with van der Waals surface area (Å²) in [4.78, 5) is 0. The van der Waals surface area contributed by atoms with E-state index >= 15 is 0 Å². The molecule has 0 heterocycles. The van der Waals surface area contributed by atoms with Crippen LogP contribution in [0.25, 0.3) is 0 Å². The van der Waals surface area contributed by atoms with Gasteiger partial charge in [0.1, 0.15) is 0 Å². The smallest absolute Gasteiger partial charge is 0.0205 e. The van der Waals surface area contributed by atoms with Crippen LogP contribution in [0.2, 0.25) is 0 Å². The molecule has 0 radical (unpaired) electrons. The SMILES string of the molecule is CCC(C)(C)CC(C)C(CC(C)C(C)CC(C)CCCCC(C)C)CC(C)C(C=C1CCCCCC1)CCC(C)C1CCCC(C2CC(C3CCCCC3)C3CCCC(C3)CC2(C)C)C1. The Morgan fingerprint density at radius 1 is 0.585 bits per heavy atom. The Morgan fingerprint density at radius 2 is 1.20 bits per heavy atom. The van der Waals surface area contributed by atoms with Crippen molar-refractivity contribution in [1.29, 1.82) is 0 Å². The molecule has 0 aromatic heterocycles. The van der Waals surface area contributed by atoms with Crippen LogP contribution in [0.4, 0.5) is 0 Å². The van der Waals surface area contributed by atoms with Crippen molar-refractivity contribution < 1.29 is 0 Å². The van der Waals surface area contributed by atoms with Gasteiger partial charge in [-0.05, 0) is 195 Å². The summed E-state index contributed by atoms with van der Waals surface area (Å²) < 4.78 is 0. The molecular formula is C65H120. The van der Waals surface area contributed by atoms with Crippen molar-refractivity contribution in [2.45, 2.75) is 295 Å². The molecule has 0 aliphatic heterocycles. The number of unbranched alkanes of at least 4 members (excludes halogenated alkanes) is 1. The van der Waals surface area contributed by atoms with Gasteiger partial charge in [0.2, 0.25) is 0 Å². The van der Waals surface area contributed by atoms with Crippen LogP contribution < -0.4 is 0 Å². The lowest BCUT2D eigenvalue weighted by Crippen LogP contribution is -2.43. The Kier molecular flexibility index (Phi) is 23.4. The van der Waals surface area contributed by atoms with E-state index in [0.29, 0.717) is 10.8 Å². The van der Waals surface area contributed by atoms with Crippen molar-refractivity contribution in [3.05, 3.63) is 11.6 Å². The molecule has 5 aliphatic carbocycles. The van der Waals surface area contributed by atoms with Gasteiger partial charge < -0.3 is 0 Å². The van der Waals surface area contributed by atoms with Crippen molar-refractivity contribution in [2.24, 2.45) is 106 Å². The normalized spacial score (nSPS) is 31.1. The van der Waals surface area contributed by atoms with Gasteiger partial charge >= 0.3 is 0 Å². The molecular weight excluding hydrogens is 781 g/mol. The van der Waals surface area contributed by atoms with E-state index in [1.165, 1.54) is 161 Å². The van der Waals surface area contributed by atoms with E-state index in [0.717, 1.165) is 94.7 Å². The lowest BCUT2D eigenvalue weighted by atomic mass is 9.53. The van der Waals surface area contributed by atoms with E-state index < -0.39 is 0 Å². The zero-order valence-electron chi connectivity index (χ0n) is 46.9. The van der Waals surface area contributed by atoms with Crippen molar-refractivity contribution in [1.82, 2.24) is 0 Å². The van der Waals surface area contributed by atoms with Gasteiger partial charge in [-0.15, -0.1) is 0 Å². The largest absolute Gasteiger partial charge is 0.0819 e. The van der Waals surface area contributed by atoms with E-state index in [1.807, 2.05) is 5.57 Å². The summed E-state index contributed by atoms with van der Waals surface area (Å²) in [6.07, 6.45) is 50.3. The standard InChI is InChI=1S/C65H120/c1-14-64(10,11)45-53(9)61(39-51(7)50(6)38-48(4)27-23-22-26-47(2)3)40-52(8)58(41-54-28-18-15-16-19-29-54)37-36-49(5)57-33-25-35-60(43-57)63-44-62(56-31-20-17-21-32-56)59-34-24-30-55(42-59)46-65(63,12)13/h41,47-53,55-63H,14-40,42-46H2,1-13H3. The third-order valence-corrected chi connectivity index (χ3v) is 21.5. The lowest BCUT2D eigenvalue weighted by Gasteiger charge is -2.52. The highest BCUT2D eigenvalue weighted by Gasteiger charge is 2.46. The maximum atomic E-state index is 2.95. The molecule has 0 N–H and O–H groups in total. The molecule has 0 aromatic carbocycles. The number of rotatable bonds is 24. The minimum Gasteiger partial charge on any atom is -0.0819 e. The molecule has 2 bridgehead atoms. The van der Waals surface area contributed by atoms with Crippen LogP contribution in [-0.2, 0) is 0 Å². The second-order valence-corrected chi connectivity index (χ2v) is 28.4. The summed E-state index contributed by atoms with van der Waals surface area (Å²) in [5, 5.41) is 0. The van der Waals surface area contributed by atoms with Crippen LogP contribution in [0.1, 0.15) is 295 Å².